The Morgan fingerprint density at radius 2 is 2.06 bits per heavy atom. The van der Waals surface area contributed by atoms with E-state index < -0.39 is 5.97 Å². The van der Waals surface area contributed by atoms with E-state index in [0.717, 1.165) is 0 Å². The number of nitrogens with zero attached hydrogens (tertiary/aromatic N) is 2. The third-order valence-corrected chi connectivity index (χ3v) is 3.38. The standard InChI is InChI=1S/C12H17ClN2O2/c1-7(2)8(3)15(4)11-10(13)9(12(16)17)5-6-14-11/h5-8H,1-4H3,(H,16,17). The monoisotopic (exact) mass is 256 g/mol. The van der Waals surface area contributed by atoms with Crippen LogP contribution in [-0.2, 0) is 0 Å². The zero-order valence-electron chi connectivity index (χ0n) is 10.4. The summed E-state index contributed by atoms with van der Waals surface area (Å²) in [5.74, 6) is -0.108. The molecule has 0 bridgehead atoms. The lowest BCUT2D eigenvalue weighted by Gasteiger charge is -2.29. The molecular weight excluding hydrogens is 240 g/mol. The van der Waals surface area contributed by atoms with Crippen molar-refractivity contribution in [2.45, 2.75) is 26.8 Å². The van der Waals surface area contributed by atoms with Crippen molar-refractivity contribution in [2.75, 3.05) is 11.9 Å². The molecule has 1 atom stereocenters. The predicted molar refractivity (Wildman–Crippen MR) is 68.9 cm³/mol. The number of pyridine rings is 1. The van der Waals surface area contributed by atoms with Crippen LogP contribution in [0.4, 0.5) is 5.82 Å². The maximum Gasteiger partial charge on any atom is 0.337 e. The predicted octanol–water partition coefficient (Wildman–Crippen LogP) is 2.91. The second kappa shape index (κ2) is 5.36. The van der Waals surface area contributed by atoms with E-state index in [1.807, 2.05) is 11.9 Å². The molecule has 1 rings (SSSR count). The van der Waals surface area contributed by atoms with E-state index in [1.54, 1.807) is 0 Å². The average Bonchev–Trinajstić information content (AvgIpc) is 2.26. The van der Waals surface area contributed by atoms with E-state index in [-0.39, 0.29) is 16.6 Å². The summed E-state index contributed by atoms with van der Waals surface area (Å²) in [5.41, 5.74) is 0.0828. The van der Waals surface area contributed by atoms with Gasteiger partial charge in [-0.15, -0.1) is 0 Å². The third-order valence-electron chi connectivity index (χ3n) is 3.01. The van der Waals surface area contributed by atoms with E-state index in [2.05, 4.69) is 25.8 Å². The second-order valence-electron chi connectivity index (χ2n) is 4.40. The normalized spacial score (nSPS) is 12.6. The first-order chi connectivity index (χ1) is 7.86. The summed E-state index contributed by atoms with van der Waals surface area (Å²) < 4.78 is 0. The fourth-order valence-electron chi connectivity index (χ4n) is 1.48. The van der Waals surface area contributed by atoms with Gasteiger partial charge < -0.3 is 10.0 Å². The lowest BCUT2D eigenvalue weighted by molar-refractivity contribution is 0.0697. The minimum absolute atomic E-state index is 0.0828. The smallest absolute Gasteiger partial charge is 0.337 e. The highest BCUT2D eigenvalue weighted by molar-refractivity contribution is 6.35. The van der Waals surface area contributed by atoms with Crippen LogP contribution in [0.1, 0.15) is 31.1 Å². The highest BCUT2D eigenvalue weighted by Gasteiger charge is 2.20. The summed E-state index contributed by atoms with van der Waals surface area (Å²) in [5, 5.41) is 9.18. The lowest BCUT2D eigenvalue weighted by atomic mass is 10.1. The summed E-state index contributed by atoms with van der Waals surface area (Å²) in [6, 6.07) is 1.63. The van der Waals surface area contributed by atoms with Crippen molar-refractivity contribution in [1.29, 1.82) is 0 Å². The Labute approximate surface area is 106 Å². The number of hydrogen-bond donors (Lipinski definition) is 1. The second-order valence-corrected chi connectivity index (χ2v) is 4.77. The minimum Gasteiger partial charge on any atom is -0.478 e. The number of carbonyl (C=O) groups is 1. The molecule has 0 fully saturated rings. The number of carboxylic acids is 1. The molecule has 1 unspecified atom stereocenters. The number of halogens is 1. The Hall–Kier alpha value is -1.29. The Kier molecular flexibility index (Phi) is 4.34. The molecule has 0 spiro atoms. The van der Waals surface area contributed by atoms with Gasteiger partial charge in [-0.1, -0.05) is 25.4 Å². The molecule has 1 aromatic rings. The summed E-state index contributed by atoms with van der Waals surface area (Å²) >= 11 is 6.06. The van der Waals surface area contributed by atoms with Crippen LogP contribution in [0.3, 0.4) is 0 Å². The van der Waals surface area contributed by atoms with Crippen LogP contribution in [0.15, 0.2) is 12.3 Å². The zero-order valence-corrected chi connectivity index (χ0v) is 11.2. The average molecular weight is 257 g/mol. The molecule has 0 aliphatic rings. The molecule has 1 aromatic heterocycles. The molecule has 17 heavy (non-hydrogen) atoms. The van der Waals surface area contributed by atoms with Gasteiger partial charge in [0.25, 0.3) is 0 Å². The molecule has 0 aromatic carbocycles. The Morgan fingerprint density at radius 1 is 1.47 bits per heavy atom. The van der Waals surface area contributed by atoms with Crippen molar-refractivity contribution in [3.8, 4) is 0 Å². The van der Waals surface area contributed by atoms with E-state index in [0.29, 0.717) is 11.7 Å². The molecular formula is C12H17ClN2O2. The molecule has 0 aliphatic carbocycles. The SMILES string of the molecule is CC(C)C(C)N(C)c1nccc(C(=O)O)c1Cl. The van der Waals surface area contributed by atoms with E-state index in [4.69, 9.17) is 16.7 Å². The van der Waals surface area contributed by atoms with E-state index in [1.165, 1.54) is 12.3 Å². The van der Waals surface area contributed by atoms with Crippen LogP contribution in [0.2, 0.25) is 5.02 Å². The van der Waals surface area contributed by atoms with Gasteiger partial charge in [0.1, 0.15) is 5.82 Å². The summed E-state index contributed by atoms with van der Waals surface area (Å²) in [6.07, 6.45) is 1.47. The van der Waals surface area contributed by atoms with Crippen molar-refractivity contribution >= 4 is 23.4 Å². The number of rotatable bonds is 4. The molecule has 4 nitrogen and oxygen atoms in total. The summed E-state index contributed by atoms with van der Waals surface area (Å²) in [7, 11) is 1.87. The van der Waals surface area contributed by atoms with Crippen LogP contribution < -0.4 is 4.90 Å². The third kappa shape index (κ3) is 2.88. The van der Waals surface area contributed by atoms with Crippen molar-refractivity contribution in [2.24, 2.45) is 5.92 Å². The Balaban J connectivity index is 3.15. The first kappa shape index (κ1) is 13.8. The fourth-order valence-corrected chi connectivity index (χ4v) is 1.81. The highest BCUT2D eigenvalue weighted by atomic mass is 35.5. The van der Waals surface area contributed by atoms with Crippen LogP contribution >= 0.6 is 11.6 Å². The topological polar surface area (TPSA) is 53.4 Å². The quantitative estimate of drug-likeness (QED) is 0.900. The maximum atomic E-state index is 11.0. The number of anilines is 1. The van der Waals surface area contributed by atoms with Gasteiger partial charge in [0, 0.05) is 19.3 Å². The van der Waals surface area contributed by atoms with E-state index >= 15 is 0 Å². The van der Waals surface area contributed by atoms with Gasteiger partial charge in [0.2, 0.25) is 0 Å². The number of aromatic carboxylic acids is 1. The van der Waals surface area contributed by atoms with Gasteiger partial charge in [-0.2, -0.15) is 0 Å². The zero-order chi connectivity index (χ0) is 13.2. The first-order valence-electron chi connectivity index (χ1n) is 5.46. The molecule has 0 radical (unpaired) electrons. The van der Waals surface area contributed by atoms with Gasteiger partial charge in [-0.05, 0) is 18.9 Å². The van der Waals surface area contributed by atoms with Crippen LogP contribution in [0.25, 0.3) is 0 Å². The van der Waals surface area contributed by atoms with Gasteiger partial charge >= 0.3 is 5.97 Å². The molecule has 0 amide bonds. The molecule has 0 saturated carbocycles. The van der Waals surface area contributed by atoms with Gasteiger partial charge in [-0.3, -0.25) is 0 Å². The van der Waals surface area contributed by atoms with Gasteiger partial charge in [0.15, 0.2) is 0 Å². The Morgan fingerprint density at radius 3 is 2.53 bits per heavy atom. The van der Waals surface area contributed by atoms with E-state index in [9.17, 15) is 4.79 Å². The molecule has 1 heterocycles. The molecule has 0 saturated heterocycles. The lowest BCUT2D eigenvalue weighted by Crippen LogP contribution is -2.34. The van der Waals surface area contributed by atoms with Crippen molar-refractivity contribution in [1.82, 2.24) is 4.98 Å². The maximum absolute atomic E-state index is 11.0. The minimum atomic E-state index is -1.04. The van der Waals surface area contributed by atoms with Crippen molar-refractivity contribution in [3.05, 3.63) is 22.8 Å². The van der Waals surface area contributed by atoms with Crippen molar-refractivity contribution in [3.63, 3.8) is 0 Å². The van der Waals surface area contributed by atoms with Crippen LogP contribution in [0, 0.1) is 5.92 Å². The van der Waals surface area contributed by atoms with Gasteiger partial charge in [0.05, 0.1) is 10.6 Å². The summed E-state index contributed by atoms with van der Waals surface area (Å²) in [6.45, 7) is 6.24. The first-order valence-corrected chi connectivity index (χ1v) is 5.84. The van der Waals surface area contributed by atoms with Gasteiger partial charge in [-0.25, -0.2) is 9.78 Å². The highest BCUT2D eigenvalue weighted by Crippen LogP contribution is 2.28. The summed E-state index contributed by atoms with van der Waals surface area (Å²) in [4.78, 5) is 17.0. The molecule has 1 N–H and O–H groups in total. The molecule has 0 aliphatic heterocycles. The largest absolute Gasteiger partial charge is 0.478 e. The van der Waals surface area contributed by atoms with Crippen LogP contribution in [0.5, 0.6) is 0 Å². The number of aromatic nitrogens is 1. The fraction of sp³-hybridized carbons (Fsp3) is 0.500. The molecule has 5 heteroatoms. The number of hydrogen-bond acceptors (Lipinski definition) is 3. The van der Waals surface area contributed by atoms with Crippen LogP contribution in [-0.4, -0.2) is 29.1 Å². The number of carboxylic acid groups (broad SMARTS) is 1. The van der Waals surface area contributed by atoms with Crippen molar-refractivity contribution < 1.29 is 9.90 Å². The molecule has 94 valence electrons. The Bertz CT molecular complexity index is 421.